The first-order valence-corrected chi connectivity index (χ1v) is 7.86. The van der Waals surface area contributed by atoms with Crippen molar-refractivity contribution in [3.05, 3.63) is 52.0 Å². The van der Waals surface area contributed by atoms with Gasteiger partial charge in [0, 0.05) is 14.7 Å². The highest BCUT2D eigenvalue weighted by atomic mass is 79.9. The first kappa shape index (κ1) is 14.1. The Labute approximate surface area is 126 Å². The molecule has 0 nitrogen and oxygen atoms in total. The van der Waals surface area contributed by atoms with E-state index in [1.807, 2.05) is 6.08 Å². The third-order valence-corrected chi connectivity index (χ3v) is 5.11. The van der Waals surface area contributed by atoms with Crippen molar-refractivity contribution in [2.45, 2.75) is 37.4 Å². The average molecular weight is 370 g/mol. The van der Waals surface area contributed by atoms with Gasteiger partial charge in [-0.1, -0.05) is 63.4 Å². The zero-order valence-corrected chi connectivity index (χ0v) is 14.2. The summed E-state index contributed by atoms with van der Waals surface area (Å²) in [6, 6.07) is 6.60. The fraction of sp³-hybridized carbons (Fsp3) is 0.375. The summed E-state index contributed by atoms with van der Waals surface area (Å²) in [6.45, 7) is 10.7. The number of hydrogen-bond donors (Lipinski definition) is 0. The van der Waals surface area contributed by atoms with Gasteiger partial charge in [0.15, 0.2) is 0 Å². The predicted molar refractivity (Wildman–Crippen MR) is 87.3 cm³/mol. The summed E-state index contributed by atoms with van der Waals surface area (Å²) in [6.07, 6.45) is 2.99. The highest BCUT2D eigenvalue weighted by molar-refractivity contribution is 9.10. The maximum Gasteiger partial charge on any atom is 0.0360 e. The van der Waals surface area contributed by atoms with Crippen LogP contribution in [0.2, 0.25) is 0 Å². The molecular formula is C16H18Br2. The Kier molecular flexibility index (Phi) is 3.89. The van der Waals surface area contributed by atoms with Crippen molar-refractivity contribution < 1.29 is 0 Å². The maximum atomic E-state index is 3.86. The van der Waals surface area contributed by atoms with Crippen LogP contribution in [-0.4, -0.2) is 4.83 Å². The first-order chi connectivity index (χ1) is 8.37. The number of hydrogen-bond acceptors (Lipinski definition) is 0. The molecule has 0 heterocycles. The number of rotatable bonds is 3. The summed E-state index contributed by atoms with van der Waals surface area (Å²) < 4.78 is 1.16. The van der Waals surface area contributed by atoms with E-state index in [1.165, 1.54) is 22.3 Å². The lowest BCUT2D eigenvalue weighted by atomic mass is 9.79. The summed E-state index contributed by atoms with van der Waals surface area (Å²) >= 11 is 7.24. The molecule has 1 aliphatic carbocycles. The van der Waals surface area contributed by atoms with Crippen molar-refractivity contribution in [2.75, 3.05) is 0 Å². The van der Waals surface area contributed by atoms with Gasteiger partial charge in [-0.25, -0.2) is 0 Å². The monoisotopic (exact) mass is 368 g/mol. The van der Waals surface area contributed by atoms with Crippen LogP contribution < -0.4 is 0 Å². The average Bonchev–Trinajstić information content (AvgIpc) is 2.50. The Hall–Kier alpha value is -0.340. The van der Waals surface area contributed by atoms with Crippen LogP contribution >= 0.6 is 31.9 Å². The van der Waals surface area contributed by atoms with E-state index < -0.39 is 0 Å². The van der Waals surface area contributed by atoms with Gasteiger partial charge in [-0.2, -0.15) is 0 Å². The molecule has 1 aromatic carbocycles. The molecule has 2 heteroatoms. The zero-order valence-electron chi connectivity index (χ0n) is 11.1. The zero-order chi connectivity index (χ0) is 13.5. The van der Waals surface area contributed by atoms with Crippen molar-refractivity contribution in [2.24, 2.45) is 0 Å². The number of alkyl halides is 1. The van der Waals surface area contributed by atoms with Crippen LogP contribution in [0.4, 0.5) is 0 Å². The molecule has 0 saturated heterocycles. The van der Waals surface area contributed by atoms with Crippen LogP contribution in [0.5, 0.6) is 0 Å². The molecule has 0 amide bonds. The second-order valence-corrected chi connectivity index (χ2v) is 7.47. The van der Waals surface area contributed by atoms with Gasteiger partial charge in [0.2, 0.25) is 0 Å². The lowest BCUT2D eigenvalue weighted by Gasteiger charge is -2.26. The lowest BCUT2D eigenvalue weighted by molar-refractivity contribution is 0.611. The van der Waals surface area contributed by atoms with Gasteiger partial charge < -0.3 is 0 Å². The van der Waals surface area contributed by atoms with Gasteiger partial charge in [0.05, 0.1) is 0 Å². The summed E-state index contributed by atoms with van der Waals surface area (Å²) in [5, 5.41) is 0. The van der Waals surface area contributed by atoms with Crippen LogP contribution in [0.1, 0.15) is 38.3 Å². The van der Waals surface area contributed by atoms with E-state index in [2.05, 4.69) is 77.4 Å². The van der Waals surface area contributed by atoms with E-state index in [1.54, 1.807) is 0 Å². The highest BCUT2D eigenvalue weighted by Gasteiger charge is 2.36. The van der Waals surface area contributed by atoms with Crippen LogP contribution in [0.25, 0.3) is 5.57 Å². The topological polar surface area (TPSA) is 0 Å². The van der Waals surface area contributed by atoms with Crippen molar-refractivity contribution in [3.8, 4) is 0 Å². The third-order valence-electron chi connectivity index (χ3n) is 3.92. The molecule has 0 saturated carbocycles. The van der Waals surface area contributed by atoms with Crippen LogP contribution in [0.15, 0.2) is 40.9 Å². The molecule has 0 fully saturated rings. The van der Waals surface area contributed by atoms with E-state index in [4.69, 9.17) is 0 Å². The quantitative estimate of drug-likeness (QED) is 0.462. The molecule has 0 aliphatic heterocycles. The summed E-state index contributed by atoms with van der Waals surface area (Å²) in [5.74, 6) is 0. The van der Waals surface area contributed by atoms with E-state index in [-0.39, 0.29) is 5.41 Å². The summed E-state index contributed by atoms with van der Waals surface area (Å²) in [5.41, 5.74) is 5.86. The molecule has 1 aliphatic rings. The predicted octanol–water partition coefficient (Wildman–Crippen LogP) is 5.85. The molecule has 0 N–H and O–H groups in total. The smallest absolute Gasteiger partial charge is 0.0360 e. The molecule has 1 aromatic rings. The molecule has 0 bridgehead atoms. The van der Waals surface area contributed by atoms with Gasteiger partial charge in [-0.05, 0) is 42.2 Å². The number of halogens is 2. The molecule has 0 aromatic heterocycles. The van der Waals surface area contributed by atoms with E-state index in [0.717, 1.165) is 10.9 Å². The Morgan fingerprint density at radius 1 is 1.39 bits per heavy atom. The molecule has 1 atom stereocenters. The van der Waals surface area contributed by atoms with E-state index in [9.17, 15) is 0 Å². The lowest BCUT2D eigenvalue weighted by Crippen LogP contribution is -2.19. The van der Waals surface area contributed by atoms with Crippen LogP contribution in [-0.2, 0) is 5.41 Å². The van der Waals surface area contributed by atoms with Gasteiger partial charge in [-0.15, -0.1) is 6.58 Å². The van der Waals surface area contributed by atoms with E-state index >= 15 is 0 Å². The molecular weight excluding hydrogens is 352 g/mol. The summed E-state index contributed by atoms with van der Waals surface area (Å²) in [7, 11) is 0. The Morgan fingerprint density at radius 2 is 2.06 bits per heavy atom. The minimum Gasteiger partial charge on any atom is -0.102 e. The molecule has 2 rings (SSSR count). The van der Waals surface area contributed by atoms with Gasteiger partial charge in [-0.3, -0.25) is 0 Å². The summed E-state index contributed by atoms with van der Waals surface area (Å²) in [4.78, 5) is 0.347. The second-order valence-electron chi connectivity index (χ2n) is 5.37. The SMILES string of the molecule is C=CC(Br)CC1=C(C)c2ccc(Br)cc2C1(C)C. The van der Waals surface area contributed by atoms with Gasteiger partial charge >= 0.3 is 0 Å². The van der Waals surface area contributed by atoms with Gasteiger partial charge in [0.1, 0.15) is 0 Å². The van der Waals surface area contributed by atoms with Crippen molar-refractivity contribution >= 4 is 37.4 Å². The Morgan fingerprint density at radius 3 is 2.67 bits per heavy atom. The normalized spacial score (nSPS) is 18.7. The minimum atomic E-state index is 0.109. The fourth-order valence-corrected chi connectivity index (χ4v) is 3.53. The van der Waals surface area contributed by atoms with Crippen molar-refractivity contribution in [1.29, 1.82) is 0 Å². The molecule has 18 heavy (non-hydrogen) atoms. The Bertz CT molecular complexity index is 524. The maximum absolute atomic E-state index is 3.86. The second kappa shape index (κ2) is 4.97. The van der Waals surface area contributed by atoms with Crippen molar-refractivity contribution in [3.63, 3.8) is 0 Å². The fourth-order valence-electron chi connectivity index (χ4n) is 2.84. The van der Waals surface area contributed by atoms with Crippen molar-refractivity contribution in [1.82, 2.24) is 0 Å². The van der Waals surface area contributed by atoms with Crippen LogP contribution in [0.3, 0.4) is 0 Å². The number of allylic oxidation sites excluding steroid dienone is 3. The molecule has 0 spiro atoms. The molecule has 0 radical (unpaired) electrons. The highest BCUT2D eigenvalue weighted by Crippen LogP contribution is 2.48. The number of fused-ring (bicyclic) bond motifs is 1. The largest absolute Gasteiger partial charge is 0.102 e. The van der Waals surface area contributed by atoms with E-state index in [0.29, 0.717) is 4.83 Å². The molecule has 1 unspecified atom stereocenters. The minimum absolute atomic E-state index is 0.109. The first-order valence-electron chi connectivity index (χ1n) is 6.15. The number of benzene rings is 1. The van der Waals surface area contributed by atoms with Gasteiger partial charge in [0.25, 0.3) is 0 Å². The Balaban J connectivity index is 2.51. The molecule has 96 valence electrons. The third kappa shape index (κ3) is 2.25. The standard InChI is InChI=1S/C16H18Br2/c1-5-11(17)8-14-10(2)13-7-6-12(18)9-15(13)16(14,3)4/h5-7,9,11H,1,8H2,2-4H3. The van der Waals surface area contributed by atoms with Crippen LogP contribution in [0, 0.1) is 0 Å².